The van der Waals surface area contributed by atoms with Crippen LogP contribution in [0, 0.1) is 0 Å². The molecule has 4 heteroatoms. The maximum absolute atomic E-state index is 11.5. The lowest BCUT2D eigenvalue weighted by atomic mass is 9.97. The Labute approximate surface area is 107 Å². The van der Waals surface area contributed by atoms with Crippen LogP contribution in [0.5, 0.6) is 5.75 Å². The molecule has 0 aliphatic carbocycles. The van der Waals surface area contributed by atoms with Gasteiger partial charge in [0.15, 0.2) is 0 Å². The smallest absolute Gasteiger partial charge is 0.312 e. The van der Waals surface area contributed by atoms with Gasteiger partial charge in [0.05, 0.1) is 13.0 Å². The number of nitrogens with zero attached hydrogens (tertiary/aromatic N) is 1. The minimum atomic E-state index is -0.786. The maximum Gasteiger partial charge on any atom is 0.312 e. The first-order valence-electron chi connectivity index (χ1n) is 6.30. The molecule has 1 aromatic carbocycles. The van der Waals surface area contributed by atoms with Crippen molar-refractivity contribution in [2.24, 2.45) is 0 Å². The van der Waals surface area contributed by atoms with Crippen LogP contribution in [0.3, 0.4) is 0 Å². The third-order valence-corrected chi connectivity index (χ3v) is 3.45. The topological polar surface area (TPSA) is 49.8 Å². The van der Waals surface area contributed by atoms with E-state index in [4.69, 9.17) is 4.74 Å². The van der Waals surface area contributed by atoms with Crippen molar-refractivity contribution >= 4 is 5.97 Å². The molecule has 0 spiro atoms. The Morgan fingerprint density at radius 2 is 2.06 bits per heavy atom. The Kier molecular flexibility index (Phi) is 4.20. The minimum absolute atomic E-state index is 0.515. The van der Waals surface area contributed by atoms with Crippen molar-refractivity contribution < 1.29 is 14.6 Å². The lowest BCUT2D eigenvalue weighted by Gasteiger charge is -2.22. The van der Waals surface area contributed by atoms with E-state index in [9.17, 15) is 9.90 Å². The van der Waals surface area contributed by atoms with E-state index in [-0.39, 0.29) is 0 Å². The van der Waals surface area contributed by atoms with Crippen LogP contribution in [0.4, 0.5) is 0 Å². The van der Waals surface area contributed by atoms with Gasteiger partial charge in [0, 0.05) is 12.1 Å². The number of benzene rings is 1. The largest absolute Gasteiger partial charge is 0.496 e. The number of hydrogen-bond donors (Lipinski definition) is 1. The Balaban J connectivity index is 2.20. The fourth-order valence-corrected chi connectivity index (χ4v) is 2.49. The molecule has 1 aromatic rings. The lowest BCUT2D eigenvalue weighted by molar-refractivity contribution is -0.139. The van der Waals surface area contributed by atoms with Gasteiger partial charge in [0.1, 0.15) is 5.75 Å². The Hall–Kier alpha value is -1.55. The molecule has 0 amide bonds. The molecule has 2 rings (SSSR count). The summed E-state index contributed by atoms with van der Waals surface area (Å²) in [7, 11) is 1.58. The molecule has 0 radical (unpaired) electrons. The molecule has 0 aromatic heterocycles. The number of methoxy groups -OCH3 is 1. The molecule has 0 saturated carbocycles. The molecule has 1 unspecified atom stereocenters. The zero-order valence-corrected chi connectivity index (χ0v) is 10.6. The molecule has 18 heavy (non-hydrogen) atoms. The fourth-order valence-electron chi connectivity index (χ4n) is 2.49. The van der Waals surface area contributed by atoms with Crippen molar-refractivity contribution in [3.63, 3.8) is 0 Å². The van der Waals surface area contributed by atoms with Crippen LogP contribution in [0.25, 0.3) is 0 Å². The number of carboxylic acid groups (broad SMARTS) is 1. The van der Waals surface area contributed by atoms with E-state index < -0.39 is 11.9 Å². The fraction of sp³-hybridized carbons (Fsp3) is 0.500. The standard InChI is InChI=1S/C14H19NO3/c1-18-13-7-3-2-6-11(13)12(14(16)17)10-15-8-4-5-9-15/h2-3,6-7,12H,4-5,8-10H2,1H3,(H,16,17). The van der Waals surface area contributed by atoms with E-state index in [1.165, 1.54) is 0 Å². The van der Waals surface area contributed by atoms with Crippen molar-refractivity contribution in [1.29, 1.82) is 0 Å². The van der Waals surface area contributed by atoms with Gasteiger partial charge in [-0.1, -0.05) is 18.2 Å². The van der Waals surface area contributed by atoms with Crippen LogP contribution in [-0.4, -0.2) is 42.7 Å². The summed E-state index contributed by atoms with van der Waals surface area (Å²) in [5.41, 5.74) is 0.763. The van der Waals surface area contributed by atoms with E-state index in [0.29, 0.717) is 12.3 Å². The molecular formula is C14H19NO3. The second kappa shape index (κ2) is 5.87. The first kappa shape index (κ1) is 12.9. The van der Waals surface area contributed by atoms with Crippen molar-refractivity contribution in [2.45, 2.75) is 18.8 Å². The van der Waals surface area contributed by atoms with Crippen LogP contribution in [0.1, 0.15) is 24.3 Å². The highest BCUT2D eigenvalue weighted by Gasteiger charge is 2.26. The average Bonchev–Trinajstić information content (AvgIpc) is 2.88. The highest BCUT2D eigenvalue weighted by Crippen LogP contribution is 2.28. The third kappa shape index (κ3) is 2.82. The first-order valence-corrected chi connectivity index (χ1v) is 6.30. The molecule has 1 aliphatic heterocycles. The maximum atomic E-state index is 11.5. The quantitative estimate of drug-likeness (QED) is 0.866. The van der Waals surface area contributed by atoms with E-state index >= 15 is 0 Å². The van der Waals surface area contributed by atoms with Crippen molar-refractivity contribution in [3.05, 3.63) is 29.8 Å². The van der Waals surface area contributed by atoms with Gasteiger partial charge in [-0.15, -0.1) is 0 Å². The van der Waals surface area contributed by atoms with Crippen molar-refractivity contribution in [3.8, 4) is 5.75 Å². The SMILES string of the molecule is COc1ccccc1C(CN1CCCC1)C(=O)O. The molecule has 1 aliphatic rings. The summed E-state index contributed by atoms with van der Waals surface area (Å²) < 4.78 is 5.26. The molecular weight excluding hydrogens is 230 g/mol. The van der Waals surface area contributed by atoms with Crippen molar-refractivity contribution in [2.75, 3.05) is 26.7 Å². The van der Waals surface area contributed by atoms with Gasteiger partial charge in [-0.25, -0.2) is 0 Å². The summed E-state index contributed by atoms with van der Waals surface area (Å²) in [6.07, 6.45) is 2.33. The number of carboxylic acids is 1. The summed E-state index contributed by atoms with van der Waals surface area (Å²) in [4.78, 5) is 13.7. The predicted molar refractivity (Wildman–Crippen MR) is 69.0 cm³/mol. The van der Waals surface area contributed by atoms with Gasteiger partial charge < -0.3 is 14.7 Å². The first-order chi connectivity index (χ1) is 8.72. The van der Waals surface area contributed by atoms with Crippen LogP contribution in [-0.2, 0) is 4.79 Å². The number of hydrogen-bond acceptors (Lipinski definition) is 3. The Morgan fingerprint density at radius 1 is 1.39 bits per heavy atom. The summed E-state index contributed by atoms with van der Waals surface area (Å²) >= 11 is 0. The average molecular weight is 249 g/mol. The number of para-hydroxylation sites is 1. The molecule has 4 nitrogen and oxygen atoms in total. The zero-order chi connectivity index (χ0) is 13.0. The van der Waals surface area contributed by atoms with Gasteiger partial charge in [-0.2, -0.15) is 0 Å². The van der Waals surface area contributed by atoms with Crippen molar-refractivity contribution in [1.82, 2.24) is 4.90 Å². The van der Waals surface area contributed by atoms with Crippen LogP contribution in [0.15, 0.2) is 24.3 Å². The summed E-state index contributed by atoms with van der Waals surface area (Å²) in [5.74, 6) is -0.644. The Bertz CT molecular complexity index is 413. The van der Waals surface area contributed by atoms with Gasteiger partial charge in [-0.3, -0.25) is 4.79 Å². The van der Waals surface area contributed by atoms with E-state index in [2.05, 4.69) is 4.90 Å². The number of rotatable bonds is 5. The molecule has 1 N–H and O–H groups in total. The highest BCUT2D eigenvalue weighted by atomic mass is 16.5. The van der Waals surface area contributed by atoms with Gasteiger partial charge in [0.2, 0.25) is 0 Å². The third-order valence-electron chi connectivity index (χ3n) is 3.45. The van der Waals surface area contributed by atoms with Gasteiger partial charge >= 0.3 is 5.97 Å². The summed E-state index contributed by atoms with van der Waals surface area (Å²) in [6.45, 7) is 2.56. The van der Waals surface area contributed by atoms with Gasteiger partial charge in [0.25, 0.3) is 0 Å². The predicted octanol–water partition coefficient (Wildman–Crippen LogP) is 1.96. The number of aliphatic carboxylic acids is 1. The molecule has 1 atom stereocenters. The van der Waals surface area contributed by atoms with Crippen LogP contribution in [0.2, 0.25) is 0 Å². The summed E-state index contributed by atoms with van der Waals surface area (Å²) in [6, 6.07) is 7.37. The molecule has 1 heterocycles. The van der Waals surface area contributed by atoms with Crippen LogP contribution >= 0.6 is 0 Å². The van der Waals surface area contributed by atoms with Gasteiger partial charge in [-0.05, 0) is 32.0 Å². The second-order valence-electron chi connectivity index (χ2n) is 4.64. The molecule has 98 valence electrons. The van der Waals surface area contributed by atoms with E-state index in [1.54, 1.807) is 7.11 Å². The summed E-state index contributed by atoms with van der Waals surface area (Å²) in [5, 5.41) is 9.42. The monoisotopic (exact) mass is 249 g/mol. The molecule has 0 bridgehead atoms. The lowest BCUT2D eigenvalue weighted by Crippen LogP contribution is -2.30. The second-order valence-corrected chi connectivity index (χ2v) is 4.64. The minimum Gasteiger partial charge on any atom is -0.496 e. The van der Waals surface area contributed by atoms with Crippen LogP contribution < -0.4 is 4.74 Å². The Morgan fingerprint density at radius 3 is 2.67 bits per heavy atom. The van der Waals surface area contributed by atoms with E-state index in [0.717, 1.165) is 31.5 Å². The van der Waals surface area contributed by atoms with E-state index in [1.807, 2.05) is 24.3 Å². The number of carbonyl (C=O) groups is 1. The molecule has 1 fully saturated rings. The highest BCUT2D eigenvalue weighted by molar-refractivity contribution is 5.77. The zero-order valence-electron chi connectivity index (χ0n) is 10.6. The number of ether oxygens (including phenoxy) is 1. The molecule has 1 saturated heterocycles. The number of likely N-dealkylation sites (tertiary alicyclic amines) is 1. The normalized spacial score (nSPS) is 17.6.